The van der Waals surface area contributed by atoms with Gasteiger partial charge in [-0.1, -0.05) is 13.3 Å². The highest BCUT2D eigenvalue weighted by molar-refractivity contribution is 5.85. The molecule has 0 aromatic rings. The van der Waals surface area contributed by atoms with Crippen molar-refractivity contribution in [2.45, 2.75) is 58.5 Å². The van der Waals surface area contributed by atoms with Gasteiger partial charge in [0.15, 0.2) is 0 Å². The first-order chi connectivity index (χ1) is 7.00. The van der Waals surface area contributed by atoms with E-state index in [1.54, 1.807) is 0 Å². The van der Waals surface area contributed by atoms with Crippen LogP contribution in [0.1, 0.15) is 46.5 Å². The topological polar surface area (TPSA) is 46.3 Å². The van der Waals surface area contributed by atoms with E-state index in [9.17, 15) is 4.79 Å². The van der Waals surface area contributed by atoms with Crippen molar-refractivity contribution in [3.05, 3.63) is 0 Å². The van der Waals surface area contributed by atoms with E-state index in [4.69, 9.17) is 5.73 Å². The van der Waals surface area contributed by atoms with Crippen molar-refractivity contribution < 1.29 is 4.79 Å². The van der Waals surface area contributed by atoms with Gasteiger partial charge >= 0.3 is 0 Å². The molecule has 1 aliphatic heterocycles. The Bertz CT molecular complexity index is 221. The minimum atomic E-state index is -0.0248. The zero-order valence-corrected chi connectivity index (χ0v) is 11.4. The summed E-state index contributed by atoms with van der Waals surface area (Å²) in [6, 6.07) is 0.365. The van der Waals surface area contributed by atoms with Gasteiger partial charge in [0.25, 0.3) is 0 Å². The van der Waals surface area contributed by atoms with E-state index in [0.717, 1.165) is 13.0 Å². The summed E-state index contributed by atoms with van der Waals surface area (Å²) in [6.45, 7) is 7.18. The maximum absolute atomic E-state index is 12.0. The van der Waals surface area contributed by atoms with Crippen LogP contribution in [-0.4, -0.2) is 29.4 Å². The number of hydrogen-bond acceptors (Lipinski definition) is 2. The van der Waals surface area contributed by atoms with Crippen LogP contribution in [0.15, 0.2) is 0 Å². The molecule has 3 atom stereocenters. The molecular formula is C12H25ClN2O. The van der Waals surface area contributed by atoms with E-state index in [-0.39, 0.29) is 24.4 Å². The molecule has 1 aliphatic rings. The molecule has 2 N–H and O–H groups in total. The van der Waals surface area contributed by atoms with Crippen LogP contribution < -0.4 is 5.73 Å². The predicted molar refractivity (Wildman–Crippen MR) is 69.7 cm³/mol. The quantitative estimate of drug-likeness (QED) is 0.814. The summed E-state index contributed by atoms with van der Waals surface area (Å²) >= 11 is 0. The first-order valence-electron chi connectivity index (χ1n) is 6.05. The molecule has 1 rings (SSSR count). The number of carbonyl (C=O) groups excluding carboxylic acids is 1. The highest BCUT2D eigenvalue weighted by Gasteiger charge is 2.25. The first-order valence-corrected chi connectivity index (χ1v) is 6.05. The van der Waals surface area contributed by atoms with Crippen molar-refractivity contribution in [1.29, 1.82) is 0 Å². The second-order valence-corrected chi connectivity index (χ2v) is 5.11. The normalized spacial score (nSPS) is 27.9. The van der Waals surface area contributed by atoms with Gasteiger partial charge in [0.05, 0.1) is 0 Å². The Morgan fingerprint density at radius 2 is 2.06 bits per heavy atom. The lowest BCUT2D eigenvalue weighted by Gasteiger charge is -2.29. The molecule has 16 heavy (non-hydrogen) atoms. The molecular weight excluding hydrogens is 224 g/mol. The molecule has 0 spiro atoms. The van der Waals surface area contributed by atoms with Crippen molar-refractivity contribution in [2.24, 2.45) is 11.7 Å². The number of amides is 1. The summed E-state index contributed by atoms with van der Waals surface area (Å²) in [5, 5.41) is 0. The number of rotatable bonds is 2. The van der Waals surface area contributed by atoms with Gasteiger partial charge in [-0.3, -0.25) is 4.79 Å². The van der Waals surface area contributed by atoms with E-state index in [0.29, 0.717) is 18.4 Å². The summed E-state index contributed by atoms with van der Waals surface area (Å²) in [6.07, 6.45) is 4.10. The zero-order chi connectivity index (χ0) is 11.4. The molecule has 1 heterocycles. The smallest absolute Gasteiger partial charge is 0.224 e. The van der Waals surface area contributed by atoms with Gasteiger partial charge in [-0.2, -0.15) is 0 Å². The van der Waals surface area contributed by atoms with Crippen molar-refractivity contribution in [2.75, 3.05) is 6.54 Å². The minimum absolute atomic E-state index is 0. The maximum Gasteiger partial charge on any atom is 0.224 e. The molecule has 0 saturated carbocycles. The molecule has 3 nitrogen and oxygen atoms in total. The third-order valence-electron chi connectivity index (χ3n) is 3.18. The second kappa shape index (κ2) is 7.13. The Morgan fingerprint density at radius 1 is 1.44 bits per heavy atom. The van der Waals surface area contributed by atoms with Crippen LogP contribution in [0.25, 0.3) is 0 Å². The lowest BCUT2D eigenvalue weighted by atomic mass is 10.1. The van der Waals surface area contributed by atoms with Crippen LogP contribution in [0, 0.1) is 5.92 Å². The van der Waals surface area contributed by atoms with Gasteiger partial charge in [0.2, 0.25) is 5.91 Å². The number of likely N-dealkylation sites (tertiary alicyclic amines) is 1. The number of nitrogens with two attached hydrogens (primary N) is 1. The highest BCUT2D eigenvalue weighted by atomic mass is 35.5. The predicted octanol–water partition coefficient (Wildman–Crippen LogP) is 2.18. The van der Waals surface area contributed by atoms with Gasteiger partial charge in [-0.25, -0.2) is 0 Å². The van der Waals surface area contributed by atoms with Crippen molar-refractivity contribution in [3.8, 4) is 0 Å². The van der Waals surface area contributed by atoms with Gasteiger partial charge in [-0.05, 0) is 32.6 Å². The average Bonchev–Trinajstić information content (AvgIpc) is 2.27. The minimum Gasteiger partial charge on any atom is -0.340 e. The Hall–Kier alpha value is -0.280. The van der Waals surface area contributed by atoms with Crippen LogP contribution in [-0.2, 0) is 4.79 Å². The SMILES string of the molecule is CC(N)CC(=O)N1CC(C)CCCC1C.Cl. The molecule has 0 aromatic heterocycles. The standard InChI is InChI=1S/C12H24N2O.ClH/c1-9-5-4-6-11(3)14(8-9)12(15)7-10(2)13;/h9-11H,4-8,13H2,1-3H3;1H. The van der Waals surface area contributed by atoms with E-state index >= 15 is 0 Å². The molecule has 0 aliphatic carbocycles. The third-order valence-corrected chi connectivity index (χ3v) is 3.18. The van der Waals surface area contributed by atoms with Gasteiger partial charge in [0.1, 0.15) is 0 Å². The summed E-state index contributed by atoms with van der Waals surface area (Å²) < 4.78 is 0. The number of carbonyl (C=O) groups is 1. The molecule has 1 amide bonds. The molecule has 3 unspecified atom stereocenters. The molecule has 0 aromatic carbocycles. The Balaban J connectivity index is 0.00000225. The van der Waals surface area contributed by atoms with Crippen LogP contribution in [0.2, 0.25) is 0 Å². The van der Waals surface area contributed by atoms with E-state index in [1.807, 2.05) is 11.8 Å². The largest absolute Gasteiger partial charge is 0.340 e. The van der Waals surface area contributed by atoms with E-state index < -0.39 is 0 Å². The summed E-state index contributed by atoms with van der Waals surface area (Å²) in [7, 11) is 0. The monoisotopic (exact) mass is 248 g/mol. The fraction of sp³-hybridized carbons (Fsp3) is 0.917. The number of hydrogen-bond donors (Lipinski definition) is 1. The molecule has 0 bridgehead atoms. The zero-order valence-electron chi connectivity index (χ0n) is 10.6. The summed E-state index contributed by atoms with van der Waals surface area (Å²) in [5.41, 5.74) is 5.67. The fourth-order valence-corrected chi connectivity index (χ4v) is 2.26. The molecule has 1 fully saturated rings. The molecule has 0 radical (unpaired) electrons. The van der Waals surface area contributed by atoms with Gasteiger partial charge in [0, 0.05) is 25.0 Å². The third kappa shape index (κ3) is 4.71. The lowest BCUT2D eigenvalue weighted by Crippen LogP contribution is -2.41. The Morgan fingerprint density at radius 3 is 2.62 bits per heavy atom. The fourth-order valence-electron chi connectivity index (χ4n) is 2.26. The van der Waals surface area contributed by atoms with E-state index in [1.165, 1.54) is 12.8 Å². The lowest BCUT2D eigenvalue weighted by molar-refractivity contribution is -0.133. The van der Waals surface area contributed by atoms with E-state index in [2.05, 4.69) is 13.8 Å². The number of halogens is 1. The van der Waals surface area contributed by atoms with Crippen LogP contribution in [0.3, 0.4) is 0 Å². The molecule has 4 heteroatoms. The summed E-state index contributed by atoms with van der Waals surface area (Å²) in [4.78, 5) is 14.0. The Kier molecular flexibility index (Phi) is 7.00. The average molecular weight is 249 g/mol. The molecule has 1 saturated heterocycles. The number of nitrogens with zero attached hydrogens (tertiary/aromatic N) is 1. The maximum atomic E-state index is 12.0. The van der Waals surface area contributed by atoms with Crippen LogP contribution in [0.4, 0.5) is 0 Å². The first kappa shape index (κ1) is 15.7. The van der Waals surface area contributed by atoms with Crippen molar-refractivity contribution in [1.82, 2.24) is 4.90 Å². The second-order valence-electron chi connectivity index (χ2n) is 5.11. The Labute approximate surface area is 105 Å². The summed E-state index contributed by atoms with van der Waals surface area (Å²) in [5.74, 6) is 0.859. The van der Waals surface area contributed by atoms with Gasteiger partial charge in [-0.15, -0.1) is 12.4 Å². The van der Waals surface area contributed by atoms with Crippen LogP contribution >= 0.6 is 12.4 Å². The van der Waals surface area contributed by atoms with Crippen molar-refractivity contribution in [3.63, 3.8) is 0 Å². The molecule has 96 valence electrons. The highest BCUT2D eigenvalue weighted by Crippen LogP contribution is 2.21. The van der Waals surface area contributed by atoms with Crippen molar-refractivity contribution >= 4 is 18.3 Å². The van der Waals surface area contributed by atoms with Crippen LogP contribution in [0.5, 0.6) is 0 Å². The van der Waals surface area contributed by atoms with Gasteiger partial charge < -0.3 is 10.6 Å².